The number of rotatable bonds is 1. The van der Waals surface area contributed by atoms with Crippen molar-refractivity contribution in [1.82, 2.24) is 9.97 Å². The van der Waals surface area contributed by atoms with E-state index in [9.17, 15) is 0 Å². The van der Waals surface area contributed by atoms with E-state index >= 15 is 0 Å². The van der Waals surface area contributed by atoms with Gasteiger partial charge in [0.1, 0.15) is 11.5 Å². The van der Waals surface area contributed by atoms with Gasteiger partial charge in [-0.3, -0.25) is 0 Å². The number of benzene rings is 1. The third-order valence-corrected chi connectivity index (χ3v) is 2.82. The molecule has 2 nitrogen and oxygen atoms in total. The highest BCUT2D eigenvalue weighted by Crippen LogP contribution is 2.30. The van der Waals surface area contributed by atoms with Gasteiger partial charge in [0, 0.05) is 21.8 Å². The first-order chi connectivity index (χ1) is 6.79. The second-order valence-electron chi connectivity index (χ2n) is 2.71. The van der Waals surface area contributed by atoms with E-state index in [1.165, 1.54) is 6.33 Å². The minimum Gasteiger partial charge on any atom is -0.244 e. The molecule has 0 amide bonds. The maximum Gasteiger partial charge on any atom is 0.140 e. The van der Waals surface area contributed by atoms with E-state index in [1.54, 1.807) is 6.20 Å². The summed E-state index contributed by atoms with van der Waals surface area (Å²) in [5.41, 5.74) is 1.83. The fourth-order valence-corrected chi connectivity index (χ4v) is 1.87. The lowest BCUT2D eigenvalue weighted by Crippen LogP contribution is -1.85. The number of halogens is 2. The minimum absolute atomic E-state index is 0.465. The SMILES string of the molecule is Clc1ncncc1-c1ccccc1Br. The summed E-state index contributed by atoms with van der Waals surface area (Å²) >= 11 is 9.41. The van der Waals surface area contributed by atoms with Gasteiger partial charge in [0.2, 0.25) is 0 Å². The molecule has 0 aliphatic carbocycles. The van der Waals surface area contributed by atoms with Crippen LogP contribution in [0.15, 0.2) is 41.3 Å². The molecule has 0 aliphatic heterocycles. The molecule has 0 aliphatic rings. The van der Waals surface area contributed by atoms with E-state index in [2.05, 4.69) is 25.9 Å². The van der Waals surface area contributed by atoms with E-state index in [1.807, 2.05) is 24.3 Å². The monoisotopic (exact) mass is 268 g/mol. The normalized spacial score (nSPS) is 10.1. The Balaban J connectivity index is 2.61. The summed E-state index contributed by atoms with van der Waals surface area (Å²) in [6.45, 7) is 0. The highest BCUT2D eigenvalue weighted by molar-refractivity contribution is 9.10. The zero-order valence-electron chi connectivity index (χ0n) is 7.11. The molecular weight excluding hydrogens is 263 g/mol. The smallest absolute Gasteiger partial charge is 0.140 e. The topological polar surface area (TPSA) is 25.8 Å². The van der Waals surface area contributed by atoms with Gasteiger partial charge in [-0.1, -0.05) is 45.7 Å². The van der Waals surface area contributed by atoms with Crippen molar-refractivity contribution >= 4 is 27.5 Å². The van der Waals surface area contributed by atoms with Crippen molar-refractivity contribution in [2.24, 2.45) is 0 Å². The van der Waals surface area contributed by atoms with Crippen molar-refractivity contribution in [2.75, 3.05) is 0 Å². The Morgan fingerprint density at radius 3 is 2.64 bits per heavy atom. The molecule has 0 fully saturated rings. The van der Waals surface area contributed by atoms with Crippen LogP contribution in [0.4, 0.5) is 0 Å². The van der Waals surface area contributed by atoms with Crippen LogP contribution in [-0.2, 0) is 0 Å². The first kappa shape index (κ1) is 9.62. The third kappa shape index (κ3) is 1.79. The van der Waals surface area contributed by atoms with Crippen LogP contribution < -0.4 is 0 Å². The molecule has 1 aromatic carbocycles. The Bertz CT molecular complexity index is 416. The number of hydrogen-bond donors (Lipinski definition) is 0. The molecule has 0 spiro atoms. The Labute approximate surface area is 95.1 Å². The Hall–Kier alpha value is -0.930. The maximum absolute atomic E-state index is 5.96. The molecule has 1 heterocycles. The quantitative estimate of drug-likeness (QED) is 0.740. The zero-order valence-corrected chi connectivity index (χ0v) is 9.46. The molecule has 0 radical (unpaired) electrons. The lowest BCUT2D eigenvalue weighted by molar-refractivity contribution is 1.17. The van der Waals surface area contributed by atoms with Gasteiger partial charge >= 0.3 is 0 Å². The second kappa shape index (κ2) is 4.07. The highest BCUT2D eigenvalue weighted by Gasteiger charge is 2.06. The molecular formula is C10H6BrClN2. The third-order valence-electron chi connectivity index (χ3n) is 1.83. The Morgan fingerprint density at radius 1 is 1.14 bits per heavy atom. The molecule has 70 valence electrons. The molecule has 0 bridgehead atoms. The van der Waals surface area contributed by atoms with Crippen molar-refractivity contribution in [1.29, 1.82) is 0 Å². The van der Waals surface area contributed by atoms with E-state index in [-0.39, 0.29) is 0 Å². The largest absolute Gasteiger partial charge is 0.244 e. The zero-order chi connectivity index (χ0) is 9.97. The van der Waals surface area contributed by atoms with Crippen LogP contribution in [0, 0.1) is 0 Å². The lowest BCUT2D eigenvalue weighted by Gasteiger charge is -2.04. The summed E-state index contributed by atoms with van der Waals surface area (Å²) in [7, 11) is 0. The predicted octanol–water partition coefficient (Wildman–Crippen LogP) is 3.56. The lowest BCUT2D eigenvalue weighted by atomic mass is 10.1. The average Bonchev–Trinajstić information content (AvgIpc) is 2.20. The fourth-order valence-electron chi connectivity index (χ4n) is 1.18. The number of hydrogen-bond acceptors (Lipinski definition) is 2. The summed E-state index contributed by atoms with van der Waals surface area (Å²) in [5.74, 6) is 0. The molecule has 0 atom stereocenters. The summed E-state index contributed by atoms with van der Waals surface area (Å²) in [6.07, 6.45) is 3.14. The van der Waals surface area contributed by atoms with Crippen LogP contribution in [0.1, 0.15) is 0 Å². The molecule has 0 unspecified atom stereocenters. The molecule has 14 heavy (non-hydrogen) atoms. The minimum atomic E-state index is 0.465. The molecule has 2 aromatic rings. The van der Waals surface area contributed by atoms with Crippen LogP contribution in [0.5, 0.6) is 0 Å². The van der Waals surface area contributed by atoms with Gasteiger partial charge in [-0.15, -0.1) is 0 Å². The van der Waals surface area contributed by atoms with E-state index in [0.29, 0.717) is 5.15 Å². The van der Waals surface area contributed by atoms with Crippen molar-refractivity contribution in [3.8, 4) is 11.1 Å². The van der Waals surface area contributed by atoms with Crippen molar-refractivity contribution in [3.63, 3.8) is 0 Å². The van der Waals surface area contributed by atoms with Gasteiger partial charge in [-0.25, -0.2) is 9.97 Å². The summed E-state index contributed by atoms with van der Waals surface area (Å²) in [6, 6.07) is 7.82. The van der Waals surface area contributed by atoms with Gasteiger partial charge in [0.25, 0.3) is 0 Å². The average molecular weight is 270 g/mol. The molecule has 4 heteroatoms. The van der Waals surface area contributed by atoms with Crippen LogP contribution in [0.3, 0.4) is 0 Å². The Morgan fingerprint density at radius 2 is 1.93 bits per heavy atom. The van der Waals surface area contributed by atoms with Crippen LogP contribution in [-0.4, -0.2) is 9.97 Å². The van der Waals surface area contributed by atoms with E-state index < -0.39 is 0 Å². The van der Waals surface area contributed by atoms with Gasteiger partial charge < -0.3 is 0 Å². The molecule has 0 saturated carbocycles. The van der Waals surface area contributed by atoms with Gasteiger partial charge in [0.05, 0.1) is 0 Å². The molecule has 1 aromatic heterocycles. The predicted molar refractivity (Wildman–Crippen MR) is 60.2 cm³/mol. The summed E-state index contributed by atoms with van der Waals surface area (Å²) in [4.78, 5) is 7.88. The van der Waals surface area contributed by atoms with Crippen LogP contribution in [0.25, 0.3) is 11.1 Å². The van der Waals surface area contributed by atoms with Crippen LogP contribution >= 0.6 is 27.5 Å². The van der Waals surface area contributed by atoms with Gasteiger partial charge in [0.15, 0.2) is 0 Å². The maximum atomic E-state index is 5.96. The van der Waals surface area contributed by atoms with E-state index in [0.717, 1.165) is 15.6 Å². The second-order valence-corrected chi connectivity index (χ2v) is 3.92. The Kier molecular flexibility index (Phi) is 2.79. The first-order valence-electron chi connectivity index (χ1n) is 3.99. The van der Waals surface area contributed by atoms with E-state index in [4.69, 9.17) is 11.6 Å². The molecule has 0 saturated heterocycles. The van der Waals surface area contributed by atoms with Gasteiger partial charge in [-0.2, -0.15) is 0 Å². The van der Waals surface area contributed by atoms with Crippen LogP contribution in [0.2, 0.25) is 5.15 Å². The van der Waals surface area contributed by atoms with Crippen molar-refractivity contribution in [3.05, 3.63) is 46.4 Å². The molecule has 0 N–H and O–H groups in total. The summed E-state index contributed by atoms with van der Waals surface area (Å²) in [5, 5.41) is 0.465. The van der Waals surface area contributed by atoms with Crippen molar-refractivity contribution in [2.45, 2.75) is 0 Å². The van der Waals surface area contributed by atoms with Crippen molar-refractivity contribution < 1.29 is 0 Å². The van der Waals surface area contributed by atoms with Gasteiger partial charge in [-0.05, 0) is 6.07 Å². The number of nitrogens with zero attached hydrogens (tertiary/aromatic N) is 2. The molecule has 2 rings (SSSR count). The fraction of sp³-hybridized carbons (Fsp3) is 0. The number of aromatic nitrogens is 2. The first-order valence-corrected chi connectivity index (χ1v) is 5.16. The highest BCUT2D eigenvalue weighted by atomic mass is 79.9. The summed E-state index contributed by atoms with van der Waals surface area (Å²) < 4.78 is 0.983. The standard InChI is InChI=1S/C10H6BrClN2/c11-9-4-2-1-3-7(9)8-5-13-6-14-10(8)12/h1-6H.